The first-order valence-electron chi connectivity index (χ1n) is 7.48. The van der Waals surface area contributed by atoms with Crippen molar-refractivity contribution < 1.29 is 9.21 Å². The molecule has 0 unspecified atom stereocenters. The fourth-order valence-electron chi connectivity index (χ4n) is 2.13. The number of amides is 1. The van der Waals surface area contributed by atoms with Crippen LogP contribution >= 0.6 is 11.3 Å². The summed E-state index contributed by atoms with van der Waals surface area (Å²) in [5.74, 6) is 0.307. The Kier molecular flexibility index (Phi) is 4.57. The molecule has 2 heterocycles. The Morgan fingerprint density at radius 3 is 2.65 bits per heavy atom. The second-order valence-electron chi connectivity index (χ2n) is 5.62. The van der Waals surface area contributed by atoms with Crippen molar-refractivity contribution >= 4 is 17.2 Å². The zero-order valence-electron chi connectivity index (χ0n) is 13.1. The lowest BCUT2D eigenvalue weighted by atomic mass is 10.1. The number of carbonyl (C=O) groups is 1. The van der Waals surface area contributed by atoms with E-state index in [4.69, 9.17) is 4.42 Å². The predicted octanol–water partition coefficient (Wildman–Crippen LogP) is 4.46. The van der Waals surface area contributed by atoms with Crippen LogP contribution in [0.5, 0.6) is 0 Å². The number of thiazole rings is 1. The van der Waals surface area contributed by atoms with E-state index in [0.29, 0.717) is 18.0 Å². The Labute approximate surface area is 139 Å². The van der Waals surface area contributed by atoms with Gasteiger partial charge in [-0.25, -0.2) is 4.98 Å². The summed E-state index contributed by atoms with van der Waals surface area (Å²) in [6, 6.07) is 9.76. The standard InChI is InChI=1S/C18H18N2O2S/c1-12(2)16-11-23-18(20-16)14-5-3-13(4-6-14)9-19-17(21)15-7-8-22-10-15/h3-8,10-12H,9H2,1-2H3,(H,19,21). The van der Waals surface area contributed by atoms with Crippen LogP contribution in [-0.2, 0) is 6.54 Å². The zero-order chi connectivity index (χ0) is 16.2. The van der Waals surface area contributed by atoms with Gasteiger partial charge in [0.05, 0.1) is 17.5 Å². The Hall–Kier alpha value is -2.40. The molecule has 1 N–H and O–H groups in total. The Morgan fingerprint density at radius 1 is 1.26 bits per heavy atom. The third-order valence-electron chi connectivity index (χ3n) is 3.55. The van der Waals surface area contributed by atoms with Crippen molar-refractivity contribution in [1.29, 1.82) is 0 Å². The molecule has 0 bridgehead atoms. The summed E-state index contributed by atoms with van der Waals surface area (Å²) >= 11 is 1.66. The molecule has 5 heteroatoms. The van der Waals surface area contributed by atoms with Gasteiger partial charge in [0.25, 0.3) is 5.91 Å². The van der Waals surface area contributed by atoms with Gasteiger partial charge in [0.2, 0.25) is 0 Å². The van der Waals surface area contributed by atoms with Crippen LogP contribution in [0.4, 0.5) is 0 Å². The molecular formula is C18H18N2O2S. The first kappa shape index (κ1) is 15.5. The average molecular weight is 326 g/mol. The fraction of sp³-hybridized carbons (Fsp3) is 0.222. The second-order valence-corrected chi connectivity index (χ2v) is 6.48. The van der Waals surface area contributed by atoms with E-state index < -0.39 is 0 Å². The fourth-order valence-corrected chi connectivity index (χ4v) is 3.11. The first-order valence-corrected chi connectivity index (χ1v) is 8.36. The van der Waals surface area contributed by atoms with Crippen LogP contribution in [0.2, 0.25) is 0 Å². The van der Waals surface area contributed by atoms with E-state index in [9.17, 15) is 4.79 Å². The zero-order valence-corrected chi connectivity index (χ0v) is 13.9. The number of hydrogen-bond acceptors (Lipinski definition) is 4. The predicted molar refractivity (Wildman–Crippen MR) is 91.5 cm³/mol. The third-order valence-corrected chi connectivity index (χ3v) is 4.46. The van der Waals surface area contributed by atoms with Crippen LogP contribution in [-0.4, -0.2) is 10.9 Å². The highest BCUT2D eigenvalue weighted by Crippen LogP contribution is 2.26. The van der Waals surface area contributed by atoms with Gasteiger partial charge in [0.1, 0.15) is 11.3 Å². The summed E-state index contributed by atoms with van der Waals surface area (Å²) < 4.78 is 4.90. The minimum Gasteiger partial charge on any atom is -0.472 e. The van der Waals surface area contributed by atoms with E-state index in [2.05, 4.69) is 29.5 Å². The molecule has 0 spiro atoms. The van der Waals surface area contributed by atoms with Gasteiger partial charge in [-0.2, -0.15) is 0 Å². The van der Waals surface area contributed by atoms with Crippen molar-refractivity contribution in [3.05, 3.63) is 65.1 Å². The molecule has 0 aliphatic heterocycles. The molecule has 0 atom stereocenters. The molecule has 0 radical (unpaired) electrons. The number of carbonyl (C=O) groups excluding carboxylic acids is 1. The van der Waals surface area contributed by atoms with Crippen LogP contribution in [0.1, 0.15) is 41.4 Å². The summed E-state index contributed by atoms with van der Waals surface area (Å²) in [5, 5.41) is 6.01. The quantitative estimate of drug-likeness (QED) is 0.753. The SMILES string of the molecule is CC(C)c1csc(-c2ccc(CNC(=O)c3ccoc3)cc2)n1. The minimum absolute atomic E-state index is 0.135. The van der Waals surface area contributed by atoms with Crippen molar-refractivity contribution in [2.75, 3.05) is 0 Å². The number of nitrogens with one attached hydrogen (secondary N) is 1. The lowest BCUT2D eigenvalue weighted by Gasteiger charge is -2.05. The molecular weight excluding hydrogens is 308 g/mol. The molecule has 4 nitrogen and oxygen atoms in total. The molecule has 1 amide bonds. The summed E-state index contributed by atoms with van der Waals surface area (Å²) in [7, 11) is 0. The van der Waals surface area contributed by atoms with E-state index in [1.807, 2.05) is 24.3 Å². The molecule has 118 valence electrons. The van der Waals surface area contributed by atoms with E-state index in [1.165, 1.54) is 12.5 Å². The monoisotopic (exact) mass is 326 g/mol. The largest absolute Gasteiger partial charge is 0.472 e. The number of aromatic nitrogens is 1. The van der Waals surface area contributed by atoms with Gasteiger partial charge in [-0.1, -0.05) is 38.1 Å². The third kappa shape index (κ3) is 3.68. The van der Waals surface area contributed by atoms with Crippen molar-refractivity contribution in [1.82, 2.24) is 10.3 Å². The highest BCUT2D eigenvalue weighted by molar-refractivity contribution is 7.13. The molecule has 0 saturated heterocycles. The maximum atomic E-state index is 11.9. The maximum Gasteiger partial charge on any atom is 0.254 e. The van der Waals surface area contributed by atoms with E-state index in [1.54, 1.807) is 17.4 Å². The number of furan rings is 1. The van der Waals surface area contributed by atoms with Crippen LogP contribution in [0.15, 0.2) is 52.7 Å². The summed E-state index contributed by atoms with van der Waals surface area (Å²) in [5.41, 5.74) is 3.81. The molecule has 3 rings (SSSR count). The molecule has 0 fully saturated rings. The molecule has 0 saturated carbocycles. The first-order chi connectivity index (χ1) is 11.1. The highest BCUT2D eigenvalue weighted by Gasteiger charge is 2.08. The van der Waals surface area contributed by atoms with Gasteiger partial charge in [-0.05, 0) is 17.5 Å². The van der Waals surface area contributed by atoms with Gasteiger partial charge in [0.15, 0.2) is 0 Å². The van der Waals surface area contributed by atoms with E-state index >= 15 is 0 Å². The maximum absolute atomic E-state index is 11.9. The Balaban J connectivity index is 1.63. The number of hydrogen-bond donors (Lipinski definition) is 1. The number of rotatable bonds is 5. The normalized spacial score (nSPS) is 10.9. The van der Waals surface area contributed by atoms with E-state index in [0.717, 1.165) is 21.8 Å². The van der Waals surface area contributed by atoms with Gasteiger partial charge in [0, 0.05) is 17.5 Å². The molecule has 3 aromatic rings. The molecule has 23 heavy (non-hydrogen) atoms. The molecule has 0 aliphatic carbocycles. The van der Waals surface area contributed by atoms with E-state index in [-0.39, 0.29) is 5.91 Å². The Bertz CT molecular complexity index is 774. The van der Waals surface area contributed by atoms with Gasteiger partial charge in [-0.15, -0.1) is 11.3 Å². The molecule has 0 aliphatic rings. The van der Waals surface area contributed by atoms with Crippen molar-refractivity contribution in [2.45, 2.75) is 26.3 Å². The van der Waals surface area contributed by atoms with Crippen LogP contribution < -0.4 is 5.32 Å². The number of benzene rings is 1. The van der Waals surface area contributed by atoms with Crippen molar-refractivity contribution in [3.8, 4) is 10.6 Å². The van der Waals surface area contributed by atoms with Crippen molar-refractivity contribution in [2.24, 2.45) is 0 Å². The van der Waals surface area contributed by atoms with Gasteiger partial charge >= 0.3 is 0 Å². The lowest BCUT2D eigenvalue weighted by Crippen LogP contribution is -2.22. The van der Waals surface area contributed by atoms with Gasteiger partial charge < -0.3 is 9.73 Å². The summed E-state index contributed by atoms with van der Waals surface area (Å²) in [6.07, 6.45) is 2.93. The second kappa shape index (κ2) is 6.79. The average Bonchev–Trinajstić information content (AvgIpc) is 3.24. The molecule has 1 aromatic carbocycles. The van der Waals surface area contributed by atoms with Crippen LogP contribution in [0.3, 0.4) is 0 Å². The molecule has 2 aromatic heterocycles. The minimum atomic E-state index is -0.135. The lowest BCUT2D eigenvalue weighted by molar-refractivity contribution is 0.0950. The summed E-state index contributed by atoms with van der Waals surface area (Å²) in [4.78, 5) is 16.5. The smallest absolute Gasteiger partial charge is 0.254 e. The van der Waals surface area contributed by atoms with Crippen LogP contribution in [0.25, 0.3) is 10.6 Å². The summed E-state index contributed by atoms with van der Waals surface area (Å²) in [6.45, 7) is 4.77. The van der Waals surface area contributed by atoms with Gasteiger partial charge in [-0.3, -0.25) is 4.79 Å². The Morgan fingerprint density at radius 2 is 2.04 bits per heavy atom. The van der Waals surface area contributed by atoms with Crippen molar-refractivity contribution in [3.63, 3.8) is 0 Å². The number of nitrogens with zero attached hydrogens (tertiary/aromatic N) is 1. The topological polar surface area (TPSA) is 55.1 Å². The highest BCUT2D eigenvalue weighted by atomic mass is 32.1. The van der Waals surface area contributed by atoms with Crippen LogP contribution in [0, 0.1) is 0 Å².